The highest BCUT2D eigenvalue weighted by Gasteiger charge is 2.23. The van der Waals surface area contributed by atoms with Crippen molar-refractivity contribution >= 4 is 29.4 Å². The molecule has 0 aromatic heterocycles. The van der Waals surface area contributed by atoms with E-state index in [1.165, 1.54) is 44.2 Å². The van der Waals surface area contributed by atoms with E-state index in [4.69, 9.17) is 0 Å². The van der Waals surface area contributed by atoms with Crippen LogP contribution in [0.25, 0.3) is 39.1 Å². The summed E-state index contributed by atoms with van der Waals surface area (Å²) in [6.07, 6.45) is 6.16. The van der Waals surface area contributed by atoms with E-state index in [-0.39, 0.29) is 0 Å². The first kappa shape index (κ1) is 20.1. The van der Waals surface area contributed by atoms with Gasteiger partial charge in [0, 0.05) is 11.1 Å². The minimum Gasteiger partial charge on any atom is -0.298 e. The second-order valence-electron chi connectivity index (χ2n) is 8.66. The number of benzene rings is 4. The molecule has 1 aliphatic carbocycles. The summed E-state index contributed by atoms with van der Waals surface area (Å²) in [5.74, 6) is 0. The average Bonchev–Trinajstić information content (AvgIpc) is 2.83. The molecule has 0 saturated heterocycles. The molecule has 32 heavy (non-hydrogen) atoms. The van der Waals surface area contributed by atoms with Gasteiger partial charge in [0.05, 0.1) is 0 Å². The molecule has 0 fully saturated rings. The molecule has 0 atom stereocenters. The predicted octanol–water partition coefficient (Wildman–Crippen LogP) is 7.46. The third-order valence-corrected chi connectivity index (χ3v) is 6.44. The van der Waals surface area contributed by atoms with Gasteiger partial charge in [-0.25, -0.2) is 0 Å². The van der Waals surface area contributed by atoms with Crippen LogP contribution in [0.2, 0.25) is 0 Å². The fraction of sp³-hybridized carbons (Fsp3) is 0.133. The molecule has 156 valence electrons. The van der Waals surface area contributed by atoms with Gasteiger partial charge >= 0.3 is 0 Å². The van der Waals surface area contributed by atoms with Crippen molar-refractivity contribution in [2.24, 2.45) is 0 Å². The van der Waals surface area contributed by atoms with Crippen LogP contribution in [0.1, 0.15) is 50.8 Å². The zero-order valence-corrected chi connectivity index (χ0v) is 18.3. The molecule has 0 radical (unpaired) electrons. The number of carbonyl (C=O) groups is 2. The predicted molar refractivity (Wildman–Crippen MR) is 132 cm³/mol. The first-order chi connectivity index (χ1) is 15.6. The van der Waals surface area contributed by atoms with Crippen molar-refractivity contribution in [1.82, 2.24) is 0 Å². The first-order valence-corrected chi connectivity index (χ1v) is 11.0. The van der Waals surface area contributed by atoms with Crippen LogP contribution in [-0.4, -0.2) is 12.6 Å². The van der Waals surface area contributed by atoms with Crippen LogP contribution in [0, 0.1) is 6.92 Å². The van der Waals surface area contributed by atoms with Gasteiger partial charge in [0.2, 0.25) is 0 Å². The van der Waals surface area contributed by atoms with Gasteiger partial charge in [0.15, 0.2) is 0 Å². The van der Waals surface area contributed by atoms with E-state index in [9.17, 15) is 9.59 Å². The Hall–Kier alpha value is -3.78. The number of hydrogen-bond donors (Lipinski definition) is 0. The standard InChI is InChI=1S/C30H24O2/c1-19-3-13-25-26-14-4-20(2)16-28(26)30(24-11-7-22(18-32)8-12-24)29(27(25)15-19)23-9-5-21(17-31)6-10-23/h3,5-13,15-18H,4,14H2,1-2H3. The van der Waals surface area contributed by atoms with Gasteiger partial charge in [-0.2, -0.15) is 0 Å². The van der Waals surface area contributed by atoms with Crippen LogP contribution < -0.4 is 0 Å². The molecule has 0 aliphatic heterocycles. The minimum atomic E-state index is 0.667. The summed E-state index contributed by atoms with van der Waals surface area (Å²) in [6, 6.07) is 22.4. The van der Waals surface area contributed by atoms with E-state index in [1.807, 2.05) is 48.5 Å². The van der Waals surface area contributed by atoms with Crippen LogP contribution in [0.4, 0.5) is 0 Å². The quantitative estimate of drug-likeness (QED) is 0.324. The Balaban J connectivity index is 1.95. The van der Waals surface area contributed by atoms with Gasteiger partial charge in [-0.1, -0.05) is 83.9 Å². The number of aldehydes is 2. The number of carbonyl (C=O) groups excluding carboxylic acids is 2. The van der Waals surface area contributed by atoms with Gasteiger partial charge < -0.3 is 0 Å². The van der Waals surface area contributed by atoms with E-state index in [1.54, 1.807) is 0 Å². The van der Waals surface area contributed by atoms with E-state index in [2.05, 4.69) is 38.1 Å². The highest BCUT2D eigenvalue weighted by atomic mass is 16.1. The lowest BCUT2D eigenvalue weighted by Crippen LogP contribution is -2.04. The van der Waals surface area contributed by atoms with Crippen molar-refractivity contribution in [3.8, 4) is 22.3 Å². The zero-order chi connectivity index (χ0) is 22.2. The molecule has 2 heteroatoms. The lowest BCUT2D eigenvalue weighted by molar-refractivity contribution is 0.111. The summed E-state index contributed by atoms with van der Waals surface area (Å²) < 4.78 is 0. The molecule has 4 aromatic rings. The van der Waals surface area contributed by atoms with Crippen molar-refractivity contribution < 1.29 is 9.59 Å². The summed E-state index contributed by atoms with van der Waals surface area (Å²) >= 11 is 0. The van der Waals surface area contributed by atoms with Crippen molar-refractivity contribution in [3.63, 3.8) is 0 Å². The van der Waals surface area contributed by atoms with Crippen LogP contribution >= 0.6 is 0 Å². The molecule has 0 heterocycles. The summed E-state index contributed by atoms with van der Waals surface area (Å²) in [6.45, 7) is 4.32. The normalized spacial score (nSPS) is 12.9. The SMILES string of the molecule is CC1=Cc2c(-c3ccc(C=O)cc3)c(-c3ccc(C=O)cc3)c3cc(C)ccc3c2CC1. The fourth-order valence-electron chi connectivity index (χ4n) is 4.82. The maximum Gasteiger partial charge on any atom is 0.150 e. The van der Waals surface area contributed by atoms with Gasteiger partial charge in [0.25, 0.3) is 0 Å². The van der Waals surface area contributed by atoms with Crippen molar-refractivity contribution in [2.45, 2.75) is 26.7 Å². The molecule has 5 rings (SSSR count). The molecule has 4 aromatic carbocycles. The number of aryl methyl sites for hydroxylation is 2. The maximum absolute atomic E-state index is 11.3. The Labute approximate surface area is 188 Å². The zero-order valence-electron chi connectivity index (χ0n) is 18.3. The second-order valence-corrected chi connectivity index (χ2v) is 8.66. The first-order valence-electron chi connectivity index (χ1n) is 11.0. The topological polar surface area (TPSA) is 34.1 Å². The molecule has 0 saturated carbocycles. The fourth-order valence-corrected chi connectivity index (χ4v) is 4.82. The average molecular weight is 417 g/mol. The van der Waals surface area contributed by atoms with E-state index in [0.29, 0.717) is 11.1 Å². The largest absolute Gasteiger partial charge is 0.298 e. The molecule has 2 nitrogen and oxygen atoms in total. The van der Waals surface area contributed by atoms with E-state index in [0.717, 1.165) is 36.5 Å². The summed E-state index contributed by atoms with van der Waals surface area (Å²) in [4.78, 5) is 22.5. The van der Waals surface area contributed by atoms with Gasteiger partial charge in [-0.3, -0.25) is 9.59 Å². The molecule has 0 N–H and O–H groups in total. The number of rotatable bonds is 4. The lowest BCUT2D eigenvalue weighted by atomic mass is 9.78. The molecular formula is C30H24O2. The number of allylic oxidation sites excluding steroid dienone is 1. The summed E-state index contributed by atoms with van der Waals surface area (Å²) in [5, 5.41) is 2.52. The van der Waals surface area contributed by atoms with Gasteiger partial charge in [-0.15, -0.1) is 0 Å². The molecule has 0 spiro atoms. The molecule has 0 unspecified atom stereocenters. The Morgan fingerprint density at radius 1 is 0.656 bits per heavy atom. The van der Waals surface area contributed by atoms with Crippen LogP contribution in [-0.2, 0) is 6.42 Å². The van der Waals surface area contributed by atoms with Crippen LogP contribution in [0.15, 0.2) is 72.3 Å². The lowest BCUT2D eigenvalue weighted by Gasteiger charge is -2.25. The van der Waals surface area contributed by atoms with Gasteiger partial charge in [-0.05, 0) is 70.8 Å². The smallest absolute Gasteiger partial charge is 0.150 e. The molecule has 0 amide bonds. The van der Waals surface area contributed by atoms with Crippen molar-refractivity contribution in [3.05, 3.63) is 100 Å². The summed E-state index contributed by atoms with van der Waals surface area (Å²) in [7, 11) is 0. The summed E-state index contributed by atoms with van der Waals surface area (Å²) in [5.41, 5.74) is 11.1. The Kier molecular flexibility index (Phi) is 5.07. The third-order valence-electron chi connectivity index (χ3n) is 6.44. The minimum absolute atomic E-state index is 0.667. The second kappa shape index (κ2) is 8.05. The Morgan fingerprint density at radius 2 is 1.25 bits per heavy atom. The van der Waals surface area contributed by atoms with Crippen molar-refractivity contribution in [1.29, 1.82) is 0 Å². The molecule has 0 bridgehead atoms. The van der Waals surface area contributed by atoms with E-state index < -0.39 is 0 Å². The van der Waals surface area contributed by atoms with Crippen LogP contribution in [0.5, 0.6) is 0 Å². The van der Waals surface area contributed by atoms with Crippen molar-refractivity contribution in [2.75, 3.05) is 0 Å². The highest BCUT2D eigenvalue weighted by molar-refractivity contribution is 6.10. The molecule has 1 aliphatic rings. The van der Waals surface area contributed by atoms with E-state index >= 15 is 0 Å². The highest BCUT2D eigenvalue weighted by Crippen LogP contribution is 2.46. The monoisotopic (exact) mass is 416 g/mol. The Morgan fingerprint density at radius 3 is 1.84 bits per heavy atom. The number of fused-ring (bicyclic) bond motifs is 3. The number of hydrogen-bond acceptors (Lipinski definition) is 2. The molecular weight excluding hydrogens is 392 g/mol. The third kappa shape index (κ3) is 3.38. The van der Waals surface area contributed by atoms with Gasteiger partial charge in [0.1, 0.15) is 12.6 Å². The van der Waals surface area contributed by atoms with Crippen LogP contribution in [0.3, 0.4) is 0 Å². The maximum atomic E-state index is 11.3. The Bertz CT molecular complexity index is 1390.